The van der Waals surface area contributed by atoms with Gasteiger partial charge in [0.1, 0.15) is 6.29 Å². The zero-order chi connectivity index (χ0) is 24.3. The van der Waals surface area contributed by atoms with Crippen LogP contribution in [0.15, 0.2) is 121 Å². The molecule has 4 aromatic rings. The molecular formula is C32H31NO2. The summed E-state index contributed by atoms with van der Waals surface area (Å²) in [6.45, 7) is 1.46. The van der Waals surface area contributed by atoms with Crippen LogP contribution in [0.4, 0.5) is 0 Å². The second-order valence-corrected chi connectivity index (χ2v) is 8.77. The molecule has 0 saturated carbocycles. The Kier molecular flexibility index (Phi) is 8.77. The first-order valence-corrected chi connectivity index (χ1v) is 12.0. The Morgan fingerprint density at radius 3 is 1.57 bits per heavy atom. The van der Waals surface area contributed by atoms with E-state index in [1.165, 1.54) is 16.7 Å². The third kappa shape index (κ3) is 7.35. The van der Waals surface area contributed by atoms with Crippen molar-refractivity contribution < 1.29 is 9.90 Å². The van der Waals surface area contributed by atoms with Crippen LogP contribution in [0.5, 0.6) is 0 Å². The predicted octanol–water partition coefficient (Wildman–Crippen LogP) is 6.19. The van der Waals surface area contributed by atoms with Gasteiger partial charge in [0.25, 0.3) is 0 Å². The number of aliphatic hydroxyl groups excluding tert-OH is 1. The number of rotatable bonds is 11. The maximum Gasteiger partial charge on any atom is 0.150 e. The summed E-state index contributed by atoms with van der Waals surface area (Å²) in [5.74, 6) is 0. The van der Waals surface area contributed by atoms with Crippen LogP contribution in [0.2, 0.25) is 0 Å². The van der Waals surface area contributed by atoms with Crippen molar-refractivity contribution in [3.63, 3.8) is 0 Å². The van der Waals surface area contributed by atoms with E-state index in [4.69, 9.17) is 0 Å². The van der Waals surface area contributed by atoms with E-state index in [2.05, 4.69) is 65.6 Å². The zero-order valence-electron chi connectivity index (χ0n) is 19.8. The van der Waals surface area contributed by atoms with Crippen molar-refractivity contribution in [3.8, 4) is 0 Å². The summed E-state index contributed by atoms with van der Waals surface area (Å²) >= 11 is 0. The molecule has 0 unspecified atom stereocenters. The summed E-state index contributed by atoms with van der Waals surface area (Å²) in [5, 5.41) is 11.5. The molecule has 0 radical (unpaired) electrons. The van der Waals surface area contributed by atoms with E-state index in [0.29, 0.717) is 5.56 Å². The van der Waals surface area contributed by atoms with Gasteiger partial charge in [-0.2, -0.15) is 0 Å². The number of carbonyl (C=O) groups excluding carboxylic acids is 1. The van der Waals surface area contributed by atoms with Crippen molar-refractivity contribution in [1.82, 2.24) is 4.90 Å². The first-order valence-electron chi connectivity index (χ1n) is 12.0. The first kappa shape index (κ1) is 24.3. The average Bonchev–Trinajstić information content (AvgIpc) is 2.92. The Balaban J connectivity index is 1.64. The lowest BCUT2D eigenvalue weighted by Gasteiger charge is -2.34. The number of hydrogen-bond acceptors (Lipinski definition) is 3. The fourth-order valence-electron chi connectivity index (χ4n) is 4.27. The smallest absolute Gasteiger partial charge is 0.150 e. The summed E-state index contributed by atoms with van der Waals surface area (Å²) in [6, 6.07) is 38.4. The minimum absolute atomic E-state index is 0.136. The highest BCUT2D eigenvalue weighted by atomic mass is 16.3. The molecule has 4 rings (SSSR count). The molecule has 176 valence electrons. The van der Waals surface area contributed by atoms with Gasteiger partial charge in [-0.25, -0.2) is 0 Å². The number of benzene rings is 4. The van der Waals surface area contributed by atoms with Gasteiger partial charge in [-0.05, 0) is 28.7 Å². The third-order valence-electron chi connectivity index (χ3n) is 6.17. The molecule has 0 aromatic heterocycles. The topological polar surface area (TPSA) is 40.5 Å². The van der Waals surface area contributed by atoms with Crippen LogP contribution in [0, 0.1) is 0 Å². The maximum absolute atomic E-state index is 11.5. The van der Waals surface area contributed by atoms with Crippen LogP contribution in [-0.4, -0.2) is 28.4 Å². The zero-order valence-corrected chi connectivity index (χ0v) is 19.8. The van der Waals surface area contributed by atoms with Gasteiger partial charge >= 0.3 is 0 Å². The molecule has 1 N–H and O–H groups in total. The number of aliphatic hydroxyl groups is 1. The molecule has 0 aliphatic carbocycles. The molecule has 3 nitrogen and oxygen atoms in total. The molecule has 35 heavy (non-hydrogen) atoms. The van der Waals surface area contributed by atoms with Gasteiger partial charge in [0.2, 0.25) is 0 Å². The van der Waals surface area contributed by atoms with E-state index in [9.17, 15) is 9.90 Å². The van der Waals surface area contributed by atoms with Gasteiger partial charge in [-0.1, -0.05) is 127 Å². The highest BCUT2D eigenvalue weighted by Crippen LogP contribution is 2.21. The Morgan fingerprint density at radius 1 is 0.629 bits per heavy atom. The maximum atomic E-state index is 11.5. The lowest BCUT2D eigenvalue weighted by atomic mass is 9.97. The van der Waals surface area contributed by atoms with Gasteiger partial charge in [-0.3, -0.25) is 9.69 Å². The normalized spacial score (nSPS) is 13.1. The highest BCUT2D eigenvalue weighted by molar-refractivity contribution is 5.75. The number of hydrogen-bond donors (Lipinski definition) is 1. The summed E-state index contributed by atoms with van der Waals surface area (Å²) < 4.78 is 0. The Morgan fingerprint density at radius 2 is 1.09 bits per heavy atom. The number of nitrogens with zero attached hydrogens (tertiary/aromatic N) is 1. The molecule has 2 atom stereocenters. The highest BCUT2D eigenvalue weighted by Gasteiger charge is 2.25. The van der Waals surface area contributed by atoms with Gasteiger partial charge in [0.05, 0.1) is 6.10 Å². The molecule has 0 amide bonds. The van der Waals surface area contributed by atoms with E-state index in [-0.39, 0.29) is 6.04 Å². The number of aldehydes is 1. The predicted molar refractivity (Wildman–Crippen MR) is 143 cm³/mol. The van der Waals surface area contributed by atoms with Crippen LogP contribution < -0.4 is 0 Å². The summed E-state index contributed by atoms with van der Waals surface area (Å²) in [6.07, 6.45) is 4.67. The molecule has 0 aliphatic heterocycles. The van der Waals surface area contributed by atoms with Gasteiger partial charge < -0.3 is 5.11 Å². The van der Waals surface area contributed by atoms with E-state index in [1.807, 2.05) is 54.6 Å². The number of carbonyl (C=O) groups is 1. The van der Waals surface area contributed by atoms with E-state index in [0.717, 1.165) is 31.4 Å². The molecular weight excluding hydrogens is 430 g/mol. The monoisotopic (exact) mass is 461 g/mol. The van der Waals surface area contributed by atoms with Crippen molar-refractivity contribution in [2.45, 2.75) is 31.7 Å². The second-order valence-electron chi connectivity index (χ2n) is 8.77. The van der Waals surface area contributed by atoms with Crippen molar-refractivity contribution in [2.24, 2.45) is 0 Å². The molecule has 0 aliphatic rings. The fraction of sp³-hybridized carbons (Fsp3) is 0.156. The van der Waals surface area contributed by atoms with E-state index >= 15 is 0 Å². The fourth-order valence-corrected chi connectivity index (χ4v) is 4.27. The molecule has 4 aromatic carbocycles. The SMILES string of the molecule is O=Cc1ccc(/C=C/[C@H](O)[C@H](Cc2ccccc2)N(Cc2ccccc2)Cc2ccccc2)cc1. The van der Waals surface area contributed by atoms with Crippen LogP contribution in [-0.2, 0) is 19.5 Å². The van der Waals surface area contributed by atoms with Crippen LogP contribution in [0.1, 0.15) is 32.6 Å². The van der Waals surface area contributed by atoms with E-state index in [1.54, 1.807) is 12.1 Å². The Hall–Kier alpha value is -3.79. The lowest BCUT2D eigenvalue weighted by Crippen LogP contribution is -2.43. The average molecular weight is 462 g/mol. The van der Waals surface area contributed by atoms with Crippen molar-refractivity contribution in [1.29, 1.82) is 0 Å². The first-order chi connectivity index (χ1) is 17.2. The Bertz CT molecular complexity index is 1150. The molecule has 0 heterocycles. The van der Waals surface area contributed by atoms with Gasteiger partial charge in [0.15, 0.2) is 0 Å². The minimum Gasteiger partial charge on any atom is -0.387 e. The molecule has 0 spiro atoms. The molecule has 0 bridgehead atoms. The quantitative estimate of drug-likeness (QED) is 0.271. The van der Waals surface area contributed by atoms with Gasteiger partial charge in [-0.15, -0.1) is 0 Å². The second kappa shape index (κ2) is 12.6. The van der Waals surface area contributed by atoms with E-state index < -0.39 is 6.10 Å². The minimum atomic E-state index is -0.687. The summed E-state index contributed by atoms with van der Waals surface area (Å²) in [7, 11) is 0. The summed E-state index contributed by atoms with van der Waals surface area (Å²) in [5.41, 5.74) is 5.20. The molecule has 3 heteroatoms. The standard InChI is InChI=1S/C32H31NO2/c34-25-30-18-16-26(17-19-30)20-21-32(35)31(22-27-10-4-1-5-11-27)33(23-28-12-6-2-7-13-28)24-29-14-8-3-9-15-29/h1-21,25,31-32,35H,22-24H2/b21-20+/t31-,32-/m0/s1. The van der Waals surface area contributed by atoms with Crippen LogP contribution >= 0.6 is 0 Å². The molecule has 0 fully saturated rings. The van der Waals surface area contributed by atoms with Crippen LogP contribution in [0.25, 0.3) is 6.08 Å². The van der Waals surface area contributed by atoms with Crippen molar-refractivity contribution >= 4 is 12.4 Å². The Labute approximate surface area is 208 Å². The van der Waals surface area contributed by atoms with Gasteiger partial charge in [0, 0.05) is 24.7 Å². The summed E-state index contributed by atoms with van der Waals surface area (Å²) in [4.78, 5) is 13.3. The largest absolute Gasteiger partial charge is 0.387 e. The third-order valence-corrected chi connectivity index (χ3v) is 6.17. The van der Waals surface area contributed by atoms with Crippen molar-refractivity contribution in [3.05, 3.63) is 149 Å². The van der Waals surface area contributed by atoms with Crippen molar-refractivity contribution in [2.75, 3.05) is 0 Å². The van der Waals surface area contributed by atoms with Crippen LogP contribution in [0.3, 0.4) is 0 Å². The molecule has 0 saturated heterocycles. The lowest BCUT2D eigenvalue weighted by molar-refractivity contribution is 0.0675.